The molecule has 0 radical (unpaired) electrons. The molecule has 2 amide bonds. The Hall–Kier alpha value is -2.82. The number of anilines is 2. The van der Waals surface area contributed by atoms with E-state index in [2.05, 4.69) is 5.32 Å². The standard InChI is InChI=1S/C19H20N2O3/c1-12-6-4-7-13(2)18(12)21-17(22)11-16(19(21)23)20-14-8-5-9-15(10-14)24-3/h4-10,16,20H,11H2,1-3H3/t16-/m1/s1. The Kier molecular flexibility index (Phi) is 4.25. The van der Waals surface area contributed by atoms with Gasteiger partial charge in [-0.15, -0.1) is 0 Å². The highest BCUT2D eigenvalue weighted by Crippen LogP contribution is 2.31. The first-order valence-electron chi connectivity index (χ1n) is 7.85. The van der Waals surface area contributed by atoms with Crippen molar-refractivity contribution in [3.63, 3.8) is 0 Å². The molecule has 1 fully saturated rings. The van der Waals surface area contributed by atoms with Gasteiger partial charge in [0.25, 0.3) is 5.91 Å². The summed E-state index contributed by atoms with van der Waals surface area (Å²) < 4.78 is 5.19. The Morgan fingerprint density at radius 2 is 1.75 bits per heavy atom. The van der Waals surface area contributed by atoms with E-state index in [1.807, 2.05) is 50.2 Å². The first-order valence-corrected chi connectivity index (χ1v) is 7.85. The molecular weight excluding hydrogens is 304 g/mol. The molecule has 0 aliphatic carbocycles. The predicted molar refractivity (Wildman–Crippen MR) is 93.4 cm³/mol. The molecule has 1 heterocycles. The molecule has 1 aliphatic heterocycles. The number of para-hydroxylation sites is 1. The van der Waals surface area contributed by atoms with Crippen LogP contribution in [0.15, 0.2) is 42.5 Å². The number of amides is 2. The first-order chi connectivity index (χ1) is 11.5. The maximum atomic E-state index is 12.8. The lowest BCUT2D eigenvalue weighted by Crippen LogP contribution is -2.35. The van der Waals surface area contributed by atoms with Crippen LogP contribution in [0.4, 0.5) is 11.4 Å². The number of nitrogens with zero attached hydrogens (tertiary/aromatic N) is 1. The molecule has 1 N–H and O–H groups in total. The molecule has 1 aliphatic rings. The lowest BCUT2D eigenvalue weighted by molar-refractivity contribution is -0.121. The number of methoxy groups -OCH3 is 1. The summed E-state index contributed by atoms with van der Waals surface area (Å²) >= 11 is 0. The number of aryl methyl sites for hydroxylation is 2. The molecular formula is C19H20N2O3. The summed E-state index contributed by atoms with van der Waals surface area (Å²) in [7, 11) is 1.59. The van der Waals surface area contributed by atoms with E-state index in [4.69, 9.17) is 4.74 Å². The Morgan fingerprint density at radius 1 is 1.08 bits per heavy atom. The minimum absolute atomic E-state index is 0.143. The molecule has 3 rings (SSSR count). The van der Waals surface area contributed by atoms with E-state index in [-0.39, 0.29) is 18.2 Å². The summed E-state index contributed by atoms with van der Waals surface area (Å²) in [6, 6.07) is 12.5. The van der Waals surface area contributed by atoms with Crippen LogP contribution in [0.1, 0.15) is 17.5 Å². The third-order valence-electron chi connectivity index (χ3n) is 4.22. The van der Waals surface area contributed by atoms with Crippen molar-refractivity contribution in [3.05, 3.63) is 53.6 Å². The van der Waals surface area contributed by atoms with Gasteiger partial charge in [0.2, 0.25) is 5.91 Å². The van der Waals surface area contributed by atoms with E-state index in [1.165, 1.54) is 4.90 Å². The van der Waals surface area contributed by atoms with Gasteiger partial charge in [-0.25, -0.2) is 4.90 Å². The maximum absolute atomic E-state index is 12.8. The molecule has 0 unspecified atom stereocenters. The normalized spacial score (nSPS) is 17.3. The minimum Gasteiger partial charge on any atom is -0.497 e. The van der Waals surface area contributed by atoms with E-state index in [0.717, 1.165) is 16.8 Å². The van der Waals surface area contributed by atoms with E-state index >= 15 is 0 Å². The summed E-state index contributed by atoms with van der Waals surface area (Å²) in [5.74, 6) is 0.293. The van der Waals surface area contributed by atoms with Gasteiger partial charge in [0.1, 0.15) is 11.8 Å². The molecule has 124 valence electrons. The van der Waals surface area contributed by atoms with E-state index in [9.17, 15) is 9.59 Å². The van der Waals surface area contributed by atoms with Crippen LogP contribution in [0.5, 0.6) is 5.75 Å². The first kappa shape index (κ1) is 16.1. The van der Waals surface area contributed by atoms with E-state index in [0.29, 0.717) is 11.4 Å². The molecule has 1 atom stereocenters. The van der Waals surface area contributed by atoms with Gasteiger partial charge in [-0.1, -0.05) is 24.3 Å². The SMILES string of the molecule is COc1cccc(N[C@@H]2CC(=O)N(c3c(C)cccc3C)C2=O)c1. The molecule has 24 heavy (non-hydrogen) atoms. The average Bonchev–Trinajstić information content (AvgIpc) is 2.82. The molecule has 2 aromatic rings. The van der Waals surface area contributed by atoms with Gasteiger partial charge in [0.15, 0.2) is 0 Å². The number of carbonyl (C=O) groups is 2. The maximum Gasteiger partial charge on any atom is 0.256 e. The van der Waals surface area contributed by atoms with Gasteiger partial charge in [-0.05, 0) is 37.1 Å². The van der Waals surface area contributed by atoms with Gasteiger partial charge in [-0.3, -0.25) is 9.59 Å². The highest BCUT2D eigenvalue weighted by Gasteiger charge is 2.40. The van der Waals surface area contributed by atoms with Gasteiger partial charge < -0.3 is 10.1 Å². The lowest BCUT2D eigenvalue weighted by atomic mass is 10.1. The van der Waals surface area contributed by atoms with E-state index in [1.54, 1.807) is 13.2 Å². The monoisotopic (exact) mass is 324 g/mol. The van der Waals surface area contributed by atoms with Gasteiger partial charge in [0, 0.05) is 11.8 Å². The van der Waals surface area contributed by atoms with Crippen molar-refractivity contribution in [3.8, 4) is 5.75 Å². The lowest BCUT2D eigenvalue weighted by Gasteiger charge is -2.20. The topological polar surface area (TPSA) is 58.6 Å². The zero-order chi connectivity index (χ0) is 17.3. The third kappa shape index (κ3) is 2.85. The van der Waals surface area contributed by atoms with Crippen molar-refractivity contribution >= 4 is 23.2 Å². The molecule has 2 aromatic carbocycles. The predicted octanol–water partition coefficient (Wildman–Crippen LogP) is 3.06. The average molecular weight is 324 g/mol. The second-order valence-electron chi connectivity index (χ2n) is 5.94. The smallest absolute Gasteiger partial charge is 0.256 e. The Bertz CT molecular complexity index is 781. The fourth-order valence-electron chi connectivity index (χ4n) is 3.05. The van der Waals surface area contributed by atoms with Crippen LogP contribution in [0.2, 0.25) is 0 Å². The number of imide groups is 1. The summed E-state index contributed by atoms with van der Waals surface area (Å²) in [6.07, 6.45) is 0.143. The molecule has 5 heteroatoms. The molecule has 0 aromatic heterocycles. The van der Waals surface area contributed by atoms with Gasteiger partial charge in [0.05, 0.1) is 19.2 Å². The molecule has 5 nitrogen and oxygen atoms in total. The fourth-order valence-corrected chi connectivity index (χ4v) is 3.05. The highest BCUT2D eigenvalue weighted by molar-refractivity contribution is 6.23. The quantitative estimate of drug-likeness (QED) is 0.878. The zero-order valence-electron chi connectivity index (χ0n) is 14.0. The van der Waals surface area contributed by atoms with Crippen molar-refractivity contribution in [2.45, 2.75) is 26.3 Å². The number of rotatable bonds is 4. The summed E-state index contributed by atoms with van der Waals surface area (Å²) in [4.78, 5) is 26.6. The van der Waals surface area contributed by atoms with Gasteiger partial charge >= 0.3 is 0 Å². The molecule has 0 spiro atoms. The van der Waals surface area contributed by atoms with Crippen molar-refractivity contribution in [1.82, 2.24) is 0 Å². The number of hydrogen-bond donors (Lipinski definition) is 1. The van der Waals surface area contributed by atoms with Crippen molar-refractivity contribution in [2.24, 2.45) is 0 Å². The summed E-state index contributed by atoms with van der Waals surface area (Å²) in [5.41, 5.74) is 3.28. The largest absolute Gasteiger partial charge is 0.497 e. The van der Waals surface area contributed by atoms with Crippen LogP contribution in [0, 0.1) is 13.8 Å². The Balaban J connectivity index is 1.86. The number of carbonyl (C=O) groups excluding carboxylic acids is 2. The second-order valence-corrected chi connectivity index (χ2v) is 5.94. The number of hydrogen-bond acceptors (Lipinski definition) is 4. The highest BCUT2D eigenvalue weighted by atomic mass is 16.5. The zero-order valence-corrected chi connectivity index (χ0v) is 14.0. The van der Waals surface area contributed by atoms with E-state index < -0.39 is 6.04 Å². The molecule has 1 saturated heterocycles. The Labute approximate surface area is 141 Å². The van der Waals surface area contributed by atoms with Crippen LogP contribution in [0.25, 0.3) is 0 Å². The fraction of sp³-hybridized carbons (Fsp3) is 0.263. The molecule has 0 saturated carbocycles. The van der Waals surface area contributed by atoms with Crippen LogP contribution in [-0.4, -0.2) is 25.0 Å². The minimum atomic E-state index is -0.566. The van der Waals surface area contributed by atoms with Crippen molar-refractivity contribution in [2.75, 3.05) is 17.3 Å². The molecule has 0 bridgehead atoms. The third-order valence-corrected chi connectivity index (χ3v) is 4.22. The second kappa shape index (κ2) is 6.35. The summed E-state index contributed by atoms with van der Waals surface area (Å²) in [6.45, 7) is 3.82. The van der Waals surface area contributed by atoms with Gasteiger partial charge in [-0.2, -0.15) is 0 Å². The number of nitrogens with one attached hydrogen (secondary N) is 1. The van der Waals surface area contributed by atoms with Crippen LogP contribution >= 0.6 is 0 Å². The van der Waals surface area contributed by atoms with Crippen molar-refractivity contribution < 1.29 is 14.3 Å². The number of benzene rings is 2. The number of ether oxygens (including phenoxy) is 1. The van der Waals surface area contributed by atoms with Crippen LogP contribution in [-0.2, 0) is 9.59 Å². The van der Waals surface area contributed by atoms with Crippen LogP contribution in [0.3, 0.4) is 0 Å². The van der Waals surface area contributed by atoms with Crippen LogP contribution < -0.4 is 15.0 Å². The Morgan fingerprint density at radius 3 is 2.42 bits per heavy atom. The summed E-state index contributed by atoms with van der Waals surface area (Å²) in [5, 5.41) is 3.14. The van der Waals surface area contributed by atoms with Crippen molar-refractivity contribution in [1.29, 1.82) is 0 Å².